The van der Waals surface area contributed by atoms with Gasteiger partial charge in [0.25, 0.3) is 5.91 Å². The normalized spacial score (nSPS) is 13.7. The van der Waals surface area contributed by atoms with Crippen LogP contribution in [-0.2, 0) is 20.8 Å². The molecule has 0 spiro atoms. The average molecular weight is 301 g/mol. The maximum atomic E-state index is 11.6. The summed E-state index contributed by atoms with van der Waals surface area (Å²) in [6.45, 7) is 2.07. The van der Waals surface area contributed by atoms with E-state index in [1.807, 2.05) is 24.3 Å². The molecular weight excluding hydrogens is 282 g/mol. The van der Waals surface area contributed by atoms with Crippen molar-refractivity contribution < 1.29 is 14.4 Å². The molecule has 0 saturated heterocycles. The second-order valence-corrected chi connectivity index (χ2v) is 5.12. The Morgan fingerprint density at radius 1 is 1.09 bits per heavy atom. The SMILES string of the molecule is CCc1ccc(/C=C/C(=O)NNC(=O)C(=O)NC2CC2)cc1. The first-order valence-corrected chi connectivity index (χ1v) is 7.26. The molecule has 0 atom stereocenters. The highest BCUT2D eigenvalue weighted by Crippen LogP contribution is 2.18. The monoisotopic (exact) mass is 301 g/mol. The lowest BCUT2D eigenvalue weighted by Crippen LogP contribution is -2.48. The topological polar surface area (TPSA) is 87.3 Å². The van der Waals surface area contributed by atoms with E-state index in [0.717, 1.165) is 24.8 Å². The van der Waals surface area contributed by atoms with E-state index in [1.165, 1.54) is 11.6 Å². The predicted octanol–water partition coefficient (Wildman–Crippen LogP) is 0.688. The summed E-state index contributed by atoms with van der Waals surface area (Å²) in [6.07, 6.45) is 5.67. The smallest absolute Gasteiger partial charge is 0.327 e. The van der Waals surface area contributed by atoms with Gasteiger partial charge in [-0.2, -0.15) is 0 Å². The number of hydrogen-bond acceptors (Lipinski definition) is 3. The Morgan fingerprint density at radius 3 is 2.36 bits per heavy atom. The van der Waals surface area contributed by atoms with Crippen molar-refractivity contribution in [1.29, 1.82) is 0 Å². The Morgan fingerprint density at radius 2 is 1.77 bits per heavy atom. The van der Waals surface area contributed by atoms with Crippen LogP contribution in [0.25, 0.3) is 6.08 Å². The molecule has 2 rings (SSSR count). The van der Waals surface area contributed by atoms with Crippen molar-refractivity contribution in [2.45, 2.75) is 32.2 Å². The molecule has 1 fully saturated rings. The maximum absolute atomic E-state index is 11.6. The van der Waals surface area contributed by atoms with E-state index in [2.05, 4.69) is 23.1 Å². The second kappa shape index (κ2) is 7.40. The minimum Gasteiger partial charge on any atom is -0.345 e. The van der Waals surface area contributed by atoms with Crippen LogP contribution < -0.4 is 16.2 Å². The molecular formula is C16H19N3O3. The van der Waals surface area contributed by atoms with Gasteiger partial charge in [-0.15, -0.1) is 0 Å². The molecule has 1 aliphatic rings. The van der Waals surface area contributed by atoms with E-state index in [-0.39, 0.29) is 6.04 Å². The van der Waals surface area contributed by atoms with Gasteiger partial charge >= 0.3 is 11.8 Å². The number of amides is 3. The third-order valence-corrected chi connectivity index (χ3v) is 3.23. The second-order valence-electron chi connectivity index (χ2n) is 5.12. The van der Waals surface area contributed by atoms with Gasteiger partial charge in [-0.25, -0.2) is 0 Å². The lowest BCUT2D eigenvalue weighted by Gasteiger charge is -2.05. The number of hydrogen-bond donors (Lipinski definition) is 3. The number of benzene rings is 1. The van der Waals surface area contributed by atoms with Gasteiger partial charge in [0.15, 0.2) is 0 Å². The standard InChI is InChI=1S/C16H19N3O3/c1-2-11-3-5-12(6-4-11)7-10-14(20)18-19-16(22)15(21)17-13-8-9-13/h3-7,10,13H,2,8-9H2,1H3,(H,17,21)(H,18,20)(H,19,22)/b10-7+. The molecule has 0 radical (unpaired) electrons. The van der Waals surface area contributed by atoms with Crippen LogP contribution in [0.15, 0.2) is 30.3 Å². The van der Waals surface area contributed by atoms with E-state index < -0.39 is 17.7 Å². The number of nitrogens with one attached hydrogen (secondary N) is 3. The fourth-order valence-corrected chi connectivity index (χ4v) is 1.73. The molecule has 116 valence electrons. The highest BCUT2D eigenvalue weighted by atomic mass is 16.2. The van der Waals surface area contributed by atoms with Gasteiger partial charge in [0, 0.05) is 12.1 Å². The molecule has 1 aromatic rings. The van der Waals surface area contributed by atoms with Crippen molar-refractivity contribution in [1.82, 2.24) is 16.2 Å². The van der Waals surface area contributed by atoms with Crippen LogP contribution in [0, 0.1) is 0 Å². The van der Waals surface area contributed by atoms with Gasteiger partial charge in [-0.3, -0.25) is 25.2 Å². The first-order chi connectivity index (χ1) is 10.6. The van der Waals surface area contributed by atoms with Crippen LogP contribution in [-0.4, -0.2) is 23.8 Å². The molecule has 1 aromatic carbocycles. The number of carbonyl (C=O) groups is 3. The van der Waals surface area contributed by atoms with E-state index in [4.69, 9.17) is 0 Å². The van der Waals surface area contributed by atoms with Gasteiger partial charge in [0.2, 0.25) is 0 Å². The van der Waals surface area contributed by atoms with E-state index >= 15 is 0 Å². The molecule has 0 heterocycles. The maximum Gasteiger partial charge on any atom is 0.327 e. The van der Waals surface area contributed by atoms with Crippen LogP contribution in [0.1, 0.15) is 30.9 Å². The van der Waals surface area contributed by atoms with Crippen LogP contribution in [0.5, 0.6) is 0 Å². The highest BCUT2D eigenvalue weighted by molar-refractivity contribution is 6.35. The summed E-state index contributed by atoms with van der Waals surface area (Å²) < 4.78 is 0. The Balaban J connectivity index is 1.75. The summed E-state index contributed by atoms with van der Waals surface area (Å²) in [5.41, 5.74) is 6.33. The van der Waals surface area contributed by atoms with Gasteiger partial charge in [0.05, 0.1) is 0 Å². The van der Waals surface area contributed by atoms with Gasteiger partial charge < -0.3 is 5.32 Å². The van der Waals surface area contributed by atoms with Crippen molar-refractivity contribution in [2.24, 2.45) is 0 Å². The zero-order valence-electron chi connectivity index (χ0n) is 12.4. The first kappa shape index (κ1) is 15.8. The lowest BCUT2D eigenvalue weighted by molar-refractivity contribution is -0.140. The summed E-state index contributed by atoms with van der Waals surface area (Å²) >= 11 is 0. The van der Waals surface area contributed by atoms with Crippen molar-refractivity contribution in [3.05, 3.63) is 41.5 Å². The molecule has 0 aromatic heterocycles. The average Bonchev–Trinajstić information content (AvgIpc) is 3.34. The van der Waals surface area contributed by atoms with Crippen molar-refractivity contribution in [3.63, 3.8) is 0 Å². The number of rotatable bonds is 4. The van der Waals surface area contributed by atoms with Crippen LogP contribution in [0.3, 0.4) is 0 Å². The largest absolute Gasteiger partial charge is 0.345 e. The van der Waals surface area contributed by atoms with E-state index in [1.54, 1.807) is 6.08 Å². The zero-order valence-corrected chi connectivity index (χ0v) is 12.4. The summed E-state index contributed by atoms with van der Waals surface area (Å²) in [5, 5.41) is 2.53. The van der Waals surface area contributed by atoms with Gasteiger partial charge in [0.1, 0.15) is 0 Å². The molecule has 1 saturated carbocycles. The van der Waals surface area contributed by atoms with Crippen molar-refractivity contribution in [3.8, 4) is 0 Å². The summed E-state index contributed by atoms with van der Waals surface area (Å²) in [6, 6.07) is 7.89. The van der Waals surface area contributed by atoms with Crippen LogP contribution in [0.4, 0.5) is 0 Å². The molecule has 22 heavy (non-hydrogen) atoms. The third kappa shape index (κ3) is 5.05. The minimum atomic E-state index is -0.874. The number of hydrazine groups is 1. The number of aryl methyl sites for hydroxylation is 1. The first-order valence-electron chi connectivity index (χ1n) is 7.26. The molecule has 0 bridgehead atoms. The van der Waals surface area contributed by atoms with Crippen LogP contribution >= 0.6 is 0 Å². The summed E-state index contributed by atoms with van der Waals surface area (Å²) in [4.78, 5) is 34.3. The molecule has 0 unspecified atom stereocenters. The zero-order chi connectivity index (χ0) is 15.9. The Labute approximate surface area is 128 Å². The molecule has 3 N–H and O–H groups in total. The minimum absolute atomic E-state index is 0.0972. The number of carbonyl (C=O) groups excluding carboxylic acids is 3. The summed E-state index contributed by atoms with van der Waals surface area (Å²) in [5.74, 6) is -2.12. The van der Waals surface area contributed by atoms with Crippen LogP contribution in [0.2, 0.25) is 0 Å². The Kier molecular flexibility index (Phi) is 5.30. The molecule has 6 nitrogen and oxygen atoms in total. The molecule has 0 aliphatic heterocycles. The molecule has 3 amide bonds. The fourth-order valence-electron chi connectivity index (χ4n) is 1.73. The predicted molar refractivity (Wildman–Crippen MR) is 82.3 cm³/mol. The highest BCUT2D eigenvalue weighted by Gasteiger charge is 2.26. The van der Waals surface area contributed by atoms with Gasteiger partial charge in [-0.05, 0) is 36.5 Å². The molecule has 6 heteroatoms. The van der Waals surface area contributed by atoms with Crippen molar-refractivity contribution >= 4 is 23.8 Å². The Hall–Kier alpha value is -2.63. The fraction of sp³-hybridized carbons (Fsp3) is 0.312. The Bertz CT molecular complexity index is 589. The summed E-state index contributed by atoms with van der Waals surface area (Å²) in [7, 11) is 0. The quantitative estimate of drug-likeness (QED) is 0.434. The lowest BCUT2D eigenvalue weighted by atomic mass is 10.1. The van der Waals surface area contributed by atoms with Gasteiger partial charge in [-0.1, -0.05) is 31.2 Å². The third-order valence-electron chi connectivity index (χ3n) is 3.23. The van der Waals surface area contributed by atoms with E-state index in [9.17, 15) is 14.4 Å². The van der Waals surface area contributed by atoms with Crippen molar-refractivity contribution in [2.75, 3.05) is 0 Å². The molecule has 1 aliphatic carbocycles. The van der Waals surface area contributed by atoms with E-state index in [0.29, 0.717) is 0 Å².